The number of carbonyl (C=O) groups is 2. The van der Waals surface area contributed by atoms with Crippen LogP contribution in [0.4, 0.5) is 4.79 Å². The van der Waals surface area contributed by atoms with Gasteiger partial charge in [-0.2, -0.15) is 0 Å². The molecule has 7 nitrogen and oxygen atoms in total. The molecule has 1 fully saturated rings. The first-order valence-corrected chi connectivity index (χ1v) is 9.22. The van der Waals surface area contributed by atoms with E-state index in [9.17, 15) is 19.8 Å². The third kappa shape index (κ3) is 4.05. The maximum absolute atomic E-state index is 12.9. The molecule has 1 aliphatic heterocycles. The van der Waals surface area contributed by atoms with Crippen molar-refractivity contribution in [3.05, 3.63) is 34.9 Å². The monoisotopic (exact) mass is 398 g/mol. The molecule has 1 aromatic carbocycles. The summed E-state index contributed by atoms with van der Waals surface area (Å²) in [5.74, 6) is -0.677. The molecular formula is C19H27ClN2O5. The number of likely N-dealkylation sites (tertiary alicyclic amines) is 1. The fourth-order valence-electron chi connectivity index (χ4n) is 3.75. The summed E-state index contributed by atoms with van der Waals surface area (Å²) in [6, 6.07) is 5.68. The Hall–Kier alpha value is -1.83. The summed E-state index contributed by atoms with van der Waals surface area (Å²) in [7, 11) is 0. The number of halogens is 1. The van der Waals surface area contributed by atoms with Gasteiger partial charge in [-0.05, 0) is 23.6 Å². The smallest absolute Gasteiger partial charge is 0.405 e. The molecule has 0 saturated carbocycles. The minimum atomic E-state index is -1.58. The lowest BCUT2D eigenvalue weighted by atomic mass is 9.65. The van der Waals surface area contributed by atoms with Crippen molar-refractivity contribution in [1.29, 1.82) is 0 Å². The van der Waals surface area contributed by atoms with Gasteiger partial charge < -0.3 is 25.5 Å². The van der Waals surface area contributed by atoms with Crippen LogP contribution in [0, 0.1) is 11.3 Å². The zero-order valence-electron chi connectivity index (χ0n) is 15.9. The second kappa shape index (κ2) is 7.66. The van der Waals surface area contributed by atoms with Crippen molar-refractivity contribution in [3.63, 3.8) is 0 Å². The highest BCUT2D eigenvalue weighted by Crippen LogP contribution is 2.46. The molecule has 4 N–H and O–H groups in total. The number of nitrogens with one attached hydrogen (secondary N) is 1. The Bertz CT molecular complexity index is 707. The molecule has 3 atom stereocenters. The maximum Gasteiger partial charge on any atom is 0.405 e. The van der Waals surface area contributed by atoms with E-state index in [0.29, 0.717) is 10.6 Å². The SMILES string of the molecule is CC(C)[C@@H](NC(=O)O)C(=O)N1C[C@H](O)[C@@](O)(c2ccc(Cl)cc2)C(C)(C)C1. The molecule has 150 valence electrons. The molecule has 1 aliphatic rings. The van der Waals surface area contributed by atoms with Crippen LogP contribution in [0.3, 0.4) is 0 Å². The number of carbonyl (C=O) groups excluding carboxylic acids is 1. The van der Waals surface area contributed by atoms with Gasteiger partial charge >= 0.3 is 6.09 Å². The highest BCUT2D eigenvalue weighted by molar-refractivity contribution is 6.30. The van der Waals surface area contributed by atoms with E-state index in [4.69, 9.17) is 16.7 Å². The van der Waals surface area contributed by atoms with E-state index < -0.39 is 35.2 Å². The van der Waals surface area contributed by atoms with Crippen molar-refractivity contribution in [2.24, 2.45) is 11.3 Å². The number of aliphatic hydroxyl groups excluding tert-OH is 1. The Morgan fingerprint density at radius 1 is 1.26 bits per heavy atom. The number of benzene rings is 1. The van der Waals surface area contributed by atoms with Crippen LogP contribution in [0.2, 0.25) is 5.02 Å². The summed E-state index contributed by atoms with van der Waals surface area (Å²) < 4.78 is 0. The Morgan fingerprint density at radius 3 is 2.26 bits per heavy atom. The number of amides is 2. The molecule has 0 aromatic heterocycles. The first-order valence-electron chi connectivity index (χ1n) is 8.85. The quantitative estimate of drug-likeness (QED) is 0.620. The van der Waals surface area contributed by atoms with Gasteiger partial charge in [0.25, 0.3) is 0 Å². The van der Waals surface area contributed by atoms with Crippen LogP contribution >= 0.6 is 11.6 Å². The van der Waals surface area contributed by atoms with Crippen molar-refractivity contribution >= 4 is 23.6 Å². The molecule has 8 heteroatoms. The first kappa shape index (κ1) is 21.5. The van der Waals surface area contributed by atoms with E-state index in [1.807, 2.05) is 0 Å². The number of hydrogen-bond acceptors (Lipinski definition) is 4. The summed E-state index contributed by atoms with van der Waals surface area (Å²) in [5, 5.41) is 33.9. The molecule has 1 heterocycles. The topological polar surface area (TPSA) is 110 Å². The molecule has 1 aromatic rings. The van der Waals surface area contributed by atoms with Gasteiger partial charge in [0.15, 0.2) is 0 Å². The van der Waals surface area contributed by atoms with Crippen LogP contribution in [0.1, 0.15) is 33.3 Å². The Morgan fingerprint density at radius 2 is 1.81 bits per heavy atom. The van der Waals surface area contributed by atoms with Gasteiger partial charge in [0.1, 0.15) is 17.7 Å². The summed E-state index contributed by atoms with van der Waals surface area (Å²) in [4.78, 5) is 25.3. The molecule has 0 radical (unpaired) electrons. The predicted octanol–water partition coefficient (Wildman–Crippen LogP) is 2.05. The van der Waals surface area contributed by atoms with E-state index in [2.05, 4.69) is 5.32 Å². The van der Waals surface area contributed by atoms with Crippen molar-refractivity contribution < 1.29 is 24.9 Å². The molecule has 0 aliphatic carbocycles. The minimum Gasteiger partial charge on any atom is -0.465 e. The second-order valence-electron chi connectivity index (χ2n) is 8.06. The van der Waals surface area contributed by atoms with Gasteiger partial charge in [-0.3, -0.25) is 4.79 Å². The van der Waals surface area contributed by atoms with E-state index in [0.717, 1.165) is 0 Å². The normalized spacial score (nSPS) is 25.9. The summed E-state index contributed by atoms with van der Waals surface area (Å²) >= 11 is 5.92. The van der Waals surface area contributed by atoms with Gasteiger partial charge in [-0.1, -0.05) is 51.4 Å². The van der Waals surface area contributed by atoms with E-state index >= 15 is 0 Å². The highest BCUT2D eigenvalue weighted by atomic mass is 35.5. The third-order valence-corrected chi connectivity index (χ3v) is 5.55. The zero-order chi connectivity index (χ0) is 20.6. The largest absolute Gasteiger partial charge is 0.465 e. The maximum atomic E-state index is 12.9. The number of aliphatic hydroxyl groups is 2. The minimum absolute atomic E-state index is 0.105. The number of rotatable bonds is 4. The van der Waals surface area contributed by atoms with Gasteiger partial charge in [0.2, 0.25) is 5.91 Å². The number of hydrogen-bond donors (Lipinski definition) is 4. The predicted molar refractivity (Wildman–Crippen MR) is 102 cm³/mol. The first-order chi connectivity index (χ1) is 12.4. The van der Waals surface area contributed by atoms with E-state index in [1.165, 1.54) is 4.90 Å². The lowest BCUT2D eigenvalue weighted by molar-refractivity contribution is -0.200. The molecule has 27 heavy (non-hydrogen) atoms. The van der Waals surface area contributed by atoms with E-state index in [-0.39, 0.29) is 19.0 Å². The fourth-order valence-corrected chi connectivity index (χ4v) is 3.88. The van der Waals surface area contributed by atoms with Gasteiger partial charge in [0.05, 0.1) is 0 Å². The Labute approximate surface area is 163 Å². The van der Waals surface area contributed by atoms with E-state index in [1.54, 1.807) is 52.0 Å². The molecule has 0 spiro atoms. The van der Waals surface area contributed by atoms with Gasteiger partial charge in [-0.25, -0.2) is 4.79 Å². The third-order valence-electron chi connectivity index (χ3n) is 5.30. The number of piperidine rings is 1. The number of carboxylic acid groups (broad SMARTS) is 1. The van der Waals surface area contributed by atoms with Crippen LogP contribution < -0.4 is 5.32 Å². The second-order valence-corrected chi connectivity index (χ2v) is 8.50. The molecule has 0 bridgehead atoms. The number of nitrogens with zero attached hydrogens (tertiary/aromatic N) is 1. The lowest BCUT2D eigenvalue weighted by Crippen LogP contribution is -2.66. The fraction of sp³-hybridized carbons (Fsp3) is 0.579. The number of β-amino-alcohol motifs (C(OH)–C–C–N with tert-alkyl or cyclic N) is 1. The van der Waals surface area contributed by atoms with Crippen molar-refractivity contribution in [2.75, 3.05) is 13.1 Å². The van der Waals surface area contributed by atoms with Crippen LogP contribution in [0.15, 0.2) is 24.3 Å². The molecule has 2 amide bonds. The zero-order valence-corrected chi connectivity index (χ0v) is 16.7. The van der Waals surface area contributed by atoms with Crippen molar-refractivity contribution in [1.82, 2.24) is 10.2 Å². The molecule has 0 unspecified atom stereocenters. The van der Waals surface area contributed by atoms with Crippen LogP contribution in [0.5, 0.6) is 0 Å². The molecule has 1 saturated heterocycles. The van der Waals surface area contributed by atoms with Crippen molar-refractivity contribution in [3.8, 4) is 0 Å². The Kier molecular flexibility index (Phi) is 6.09. The average molecular weight is 399 g/mol. The Balaban J connectivity index is 2.32. The average Bonchev–Trinajstić information content (AvgIpc) is 2.56. The summed E-state index contributed by atoms with van der Waals surface area (Å²) in [6.45, 7) is 7.07. The summed E-state index contributed by atoms with van der Waals surface area (Å²) in [6.07, 6.45) is -2.53. The van der Waals surface area contributed by atoms with Gasteiger partial charge in [-0.15, -0.1) is 0 Å². The molecular weight excluding hydrogens is 372 g/mol. The molecule has 2 rings (SSSR count). The lowest BCUT2D eigenvalue weighted by Gasteiger charge is -2.53. The van der Waals surface area contributed by atoms with Crippen LogP contribution in [0.25, 0.3) is 0 Å². The summed E-state index contributed by atoms with van der Waals surface area (Å²) in [5.41, 5.74) is -1.96. The van der Waals surface area contributed by atoms with Gasteiger partial charge in [0, 0.05) is 23.5 Å². The van der Waals surface area contributed by atoms with Crippen molar-refractivity contribution in [2.45, 2.75) is 45.4 Å². The van der Waals surface area contributed by atoms with Crippen LogP contribution in [-0.4, -0.2) is 57.5 Å². The highest BCUT2D eigenvalue weighted by Gasteiger charge is 2.55. The standard InChI is InChI=1S/C19H27ClN2O5/c1-11(2)15(21-17(25)26)16(24)22-9-14(23)19(27,18(3,4)10-22)12-5-7-13(20)8-6-12/h5-8,11,14-15,21,23,27H,9-10H2,1-4H3,(H,25,26)/t14-,15+,19-/m0/s1. The van der Waals surface area contributed by atoms with Crippen LogP contribution in [-0.2, 0) is 10.4 Å².